The average molecular weight is 238 g/mol. The van der Waals surface area contributed by atoms with Crippen molar-refractivity contribution in [2.75, 3.05) is 12.4 Å². The summed E-state index contributed by atoms with van der Waals surface area (Å²) in [6.07, 6.45) is 4.36. The average Bonchev–Trinajstić information content (AvgIpc) is 2.32. The van der Waals surface area contributed by atoms with Gasteiger partial charge in [0.1, 0.15) is 11.0 Å². The normalized spacial score (nSPS) is 10.2. The number of anilines is 1. The Labute approximate surface area is 97.3 Å². The number of halogens is 2. The van der Waals surface area contributed by atoms with Crippen LogP contribution in [0, 0.1) is 5.82 Å². The van der Waals surface area contributed by atoms with Crippen LogP contribution in [-0.4, -0.2) is 17.0 Å². The van der Waals surface area contributed by atoms with Crippen molar-refractivity contribution in [3.05, 3.63) is 41.7 Å². The lowest BCUT2D eigenvalue weighted by atomic mass is 10.1. The van der Waals surface area contributed by atoms with Gasteiger partial charge in [0.25, 0.3) is 0 Å². The molecular weight excluding hydrogens is 229 g/mol. The molecule has 0 saturated heterocycles. The van der Waals surface area contributed by atoms with E-state index in [0.717, 1.165) is 17.4 Å². The van der Waals surface area contributed by atoms with Gasteiger partial charge >= 0.3 is 0 Å². The number of hydrogen-bond acceptors (Lipinski definition) is 3. The van der Waals surface area contributed by atoms with E-state index in [4.69, 9.17) is 11.6 Å². The molecule has 0 spiro atoms. The third-order valence-electron chi connectivity index (χ3n) is 2.19. The van der Waals surface area contributed by atoms with Crippen LogP contribution >= 0.6 is 11.6 Å². The second-order valence-electron chi connectivity index (χ2n) is 3.16. The quantitative estimate of drug-likeness (QED) is 0.816. The van der Waals surface area contributed by atoms with E-state index < -0.39 is 5.82 Å². The van der Waals surface area contributed by atoms with Crippen molar-refractivity contribution in [3.63, 3.8) is 0 Å². The summed E-state index contributed by atoms with van der Waals surface area (Å²) in [6, 6.07) is 3.11. The molecule has 2 aromatic heterocycles. The molecule has 0 fully saturated rings. The minimum Gasteiger partial charge on any atom is -0.386 e. The standard InChI is InChI=1S/C11H9ClFN3/c1-14-10-6-15-3-2-8(10)9-4-7(13)5-16-11(9)12/h2-6,14H,1H3. The van der Waals surface area contributed by atoms with E-state index >= 15 is 0 Å². The summed E-state index contributed by atoms with van der Waals surface area (Å²) in [4.78, 5) is 7.75. The highest BCUT2D eigenvalue weighted by atomic mass is 35.5. The van der Waals surface area contributed by atoms with Crippen molar-refractivity contribution in [1.29, 1.82) is 0 Å². The Hall–Kier alpha value is -1.68. The minimum absolute atomic E-state index is 0.268. The van der Waals surface area contributed by atoms with E-state index in [0.29, 0.717) is 5.56 Å². The number of hydrogen-bond donors (Lipinski definition) is 1. The molecule has 0 aliphatic rings. The summed E-state index contributed by atoms with van der Waals surface area (Å²) in [5.41, 5.74) is 2.10. The fourth-order valence-electron chi connectivity index (χ4n) is 1.44. The van der Waals surface area contributed by atoms with Crippen molar-refractivity contribution >= 4 is 17.3 Å². The van der Waals surface area contributed by atoms with Gasteiger partial charge in [0, 0.05) is 24.4 Å². The van der Waals surface area contributed by atoms with Crippen LogP contribution in [0.2, 0.25) is 5.15 Å². The zero-order valence-corrected chi connectivity index (χ0v) is 9.29. The molecule has 5 heteroatoms. The molecule has 0 aliphatic carbocycles. The smallest absolute Gasteiger partial charge is 0.142 e. The molecule has 0 saturated carbocycles. The maximum atomic E-state index is 13.1. The van der Waals surface area contributed by atoms with Gasteiger partial charge in [0.2, 0.25) is 0 Å². The van der Waals surface area contributed by atoms with E-state index in [1.54, 1.807) is 25.5 Å². The van der Waals surface area contributed by atoms with Crippen LogP contribution in [0.15, 0.2) is 30.7 Å². The Balaban J connectivity index is 2.62. The summed E-state index contributed by atoms with van der Waals surface area (Å²) in [6.45, 7) is 0. The Kier molecular flexibility index (Phi) is 3.01. The highest BCUT2D eigenvalue weighted by molar-refractivity contribution is 6.32. The van der Waals surface area contributed by atoms with Gasteiger partial charge in [0.15, 0.2) is 0 Å². The molecule has 0 unspecified atom stereocenters. The summed E-state index contributed by atoms with van der Waals surface area (Å²) >= 11 is 5.93. The predicted octanol–water partition coefficient (Wildman–Crippen LogP) is 2.98. The number of rotatable bonds is 2. The lowest BCUT2D eigenvalue weighted by Crippen LogP contribution is -1.94. The second kappa shape index (κ2) is 4.45. The topological polar surface area (TPSA) is 37.8 Å². The first-order valence-electron chi connectivity index (χ1n) is 4.65. The van der Waals surface area contributed by atoms with Gasteiger partial charge in [0.05, 0.1) is 18.1 Å². The van der Waals surface area contributed by atoms with E-state index in [1.807, 2.05) is 0 Å². The Bertz CT molecular complexity index is 516. The van der Waals surface area contributed by atoms with Gasteiger partial charge in [-0.15, -0.1) is 0 Å². The molecular formula is C11H9ClFN3. The fourth-order valence-corrected chi connectivity index (χ4v) is 1.65. The van der Waals surface area contributed by atoms with E-state index in [9.17, 15) is 4.39 Å². The number of pyridine rings is 2. The van der Waals surface area contributed by atoms with Gasteiger partial charge in [-0.1, -0.05) is 11.6 Å². The second-order valence-corrected chi connectivity index (χ2v) is 3.52. The molecule has 82 valence electrons. The Morgan fingerprint density at radius 3 is 2.88 bits per heavy atom. The van der Waals surface area contributed by atoms with Gasteiger partial charge in [-0.2, -0.15) is 0 Å². The van der Waals surface area contributed by atoms with Crippen LogP contribution in [0.1, 0.15) is 0 Å². The van der Waals surface area contributed by atoms with Crippen molar-refractivity contribution in [1.82, 2.24) is 9.97 Å². The molecule has 2 aromatic rings. The first-order valence-corrected chi connectivity index (χ1v) is 5.03. The van der Waals surface area contributed by atoms with Crippen LogP contribution in [0.25, 0.3) is 11.1 Å². The molecule has 0 radical (unpaired) electrons. The SMILES string of the molecule is CNc1cnccc1-c1cc(F)cnc1Cl. The number of aromatic nitrogens is 2. The first kappa shape index (κ1) is 10.8. The maximum absolute atomic E-state index is 13.1. The monoisotopic (exact) mass is 237 g/mol. The highest BCUT2D eigenvalue weighted by Crippen LogP contribution is 2.31. The van der Waals surface area contributed by atoms with Gasteiger partial charge in [-0.25, -0.2) is 9.37 Å². The third-order valence-corrected chi connectivity index (χ3v) is 2.49. The molecule has 16 heavy (non-hydrogen) atoms. The summed E-state index contributed by atoms with van der Waals surface area (Å²) in [7, 11) is 1.77. The Morgan fingerprint density at radius 2 is 2.12 bits per heavy atom. The van der Waals surface area contributed by atoms with Crippen LogP contribution in [0.3, 0.4) is 0 Å². The summed E-state index contributed by atoms with van der Waals surface area (Å²) < 4.78 is 13.1. The third kappa shape index (κ3) is 1.97. The van der Waals surface area contributed by atoms with Crippen molar-refractivity contribution in [2.24, 2.45) is 0 Å². The van der Waals surface area contributed by atoms with E-state index in [1.165, 1.54) is 6.07 Å². The molecule has 0 bridgehead atoms. The van der Waals surface area contributed by atoms with Gasteiger partial charge in [-0.05, 0) is 12.1 Å². The molecule has 1 N–H and O–H groups in total. The number of nitrogens with zero attached hydrogens (tertiary/aromatic N) is 2. The minimum atomic E-state index is -0.418. The van der Waals surface area contributed by atoms with Crippen molar-refractivity contribution in [2.45, 2.75) is 0 Å². The zero-order chi connectivity index (χ0) is 11.5. The van der Waals surface area contributed by atoms with Crippen LogP contribution in [0.5, 0.6) is 0 Å². The molecule has 3 nitrogen and oxygen atoms in total. The molecule has 0 aromatic carbocycles. The maximum Gasteiger partial charge on any atom is 0.142 e. The van der Waals surface area contributed by atoms with Crippen LogP contribution in [-0.2, 0) is 0 Å². The van der Waals surface area contributed by atoms with Crippen molar-refractivity contribution in [3.8, 4) is 11.1 Å². The van der Waals surface area contributed by atoms with Crippen LogP contribution in [0.4, 0.5) is 10.1 Å². The fraction of sp³-hybridized carbons (Fsp3) is 0.0909. The van der Waals surface area contributed by atoms with Gasteiger partial charge in [-0.3, -0.25) is 4.98 Å². The lowest BCUT2D eigenvalue weighted by molar-refractivity contribution is 0.622. The highest BCUT2D eigenvalue weighted by Gasteiger charge is 2.09. The van der Waals surface area contributed by atoms with Gasteiger partial charge < -0.3 is 5.32 Å². The first-order chi connectivity index (χ1) is 7.72. The van der Waals surface area contributed by atoms with E-state index in [2.05, 4.69) is 15.3 Å². The zero-order valence-electron chi connectivity index (χ0n) is 8.54. The summed E-state index contributed by atoms with van der Waals surface area (Å²) in [5, 5.41) is 3.24. The molecule has 2 rings (SSSR count). The molecule has 0 atom stereocenters. The molecule has 0 aliphatic heterocycles. The largest absolute Gasteiger partial charge is 0.386 e. The number of nitrogens with one attached hydrogen (secondary N) is 1. The predicted molar refractivity (Wildman–Crippen MR) is 62.0 cm³/mol. The summed E-state index contributed by atoms with van der Waals surface area (Å²) in [5.74, 6) is -0.418. The Morgan fingerprint density at radius 1 is 1.31 bits per heavy atom. The van der Waals surface area contributed by atoms with Crippen molar-refractivity contribution < 1.29 is 4.39 Å². The molecule has 0 amide bonds. The van der Waals surface area contributed by atoms with Crippen LogP contribution < -0.4 is 5.32 Å². The van der Waals surface area contributed by atoms with E-state index in [-0.39, 0.29) is 5.15 Å². The molecule has 2 heterocycles. The lowest BCUT2D eigenvalue weighted by Gasteiger charge is -2.09.